The molecule has 0 amide bonds. The lowest BCUT2D eigenvalue weighted by molar-refractivity contribution is 0.303. The summed E-state index contributed by atoms with van der Waals surface area (Å²) < 4.78 is 1.64. The first-order valence-corrected chi connectivity index (χ1v) is 9.35. The smallest absolute Gasteiger partial charge is 0.266 e. The molecule has 2 aromatic rings. The Balaban J connectivity index is 1.38. The summed E-state index contributed by atoms with van der Waals surface area (Å²) in [6, 6.07) is 6.07. The van der Waals surface area contributed by atoms with Crippen LogP contribution < -0.4 is 10.9 Å². The zero-order valence-corrected chi connectivity index (χ0v) is 14.7. The van der Waals surface area contributed by atoms with Crippen molar-refractivity contribution >= 4 is 5.82 Å². The van der Waals surface area contributed by atoms with Crippen LogP contribution in [0.2, 0.25) is 0 Å². The maximum Gasteiger partial charge on any atom is 0.266 e. The number of aromatic nitrogens is 4. The van der Waals surface area contributed by atoms with Gasteiger partial charge in [-0.05, 0) is 68.6 Å². The summed E-state index contributed by atoms with van der Waals surface area (Å²) in [4.78, 5) is 11.9. The fourth-order valence-corrected chi connectivity index (χ4v) is 4.09. The second-order valence-electron chi connectivity index (χ2n) is 7.51. The number of hydrogen-bond acceptors (Lipinski definition) is 5. The molecular formula is C19H25N5O. The van der Waals surface area contributed by atoms with Gasteiger partial charge >= 0.3 is 0 Å². The van der Waals surface area contributed by atoms with E-state index in [9.17, 15) is 4.79 Å². The van der Waals surface area contributed by atoms with Crippen molar-refractivity contribution in [2.75, 3.05) is 5.32 Å². The number of nitrogens with zero attached hydrogens (tertiary/aromatic N) is 4. The molecule has 1 atom stereocenters. The standard InChI is InChI=1S/C19H25N5O/c1-13-4-9-17-14(11-13)12-18(23-22-17)21-15-5-7-16(8-6-15)24-19(25)3-2-10-20-24/h2-3,10,12-13,15-16H,4-9,11H2,1H3,(H,21,23). The van der Waals surface area contributed by atoms with Gasteiger partial charge in [0.2, 0.25) is 0 Å². The van der Waals surface area contributed by atoms with Gasteiger partial charge in [-0.1, -0.05) is 6.92 Å². The van der Waals surface area contributed by atoms with Gasteiger partial charge in [0, 0.05) is 18.3 Å². The van der Waals surface area contributed by atoms with Crippen LogP contribution in [0, 0.1) is 5.92 Å². The summed E-state index contributed by atoms with van der Waals surface area (Å²) in [5.41, 5.74) is 2.51. The van der Waals surface area contributed by atoms with E-state index in [2.05, 4.69) is 33.6 Å². The quantitative estimate of drug-likeness (QED) is 0.931. The van der Waals surface area contributed by atoms with Crippen LogP contribution in [0.5, 0.6) is 0 Å². The Morgan fingerprint density at radius 1 is 1.16 bits per heavy atom. The van der Waals surface area contributed by atoms with Crippen molar-refractivity contribution in [1.29, 1.82) is 0 Å². The van der Waals surface area contributed by atoms with Crippen molar-refractivity contribution in [3.63, 3.8) is 0 Å². The fourth-order valence-electron chi connectivity index (χ4n) is 4.09. The molecule has 1 saturated carbocycles. The summed E-state index contributed by atoms with van der Waals surface area (Å²) >= 11 is 0. The van der Waals surface area contributed by atoms with Gasteiger partial charge in [-0.3, -0.25) is 4.79 Å². The minimum Gasteiger partial charge on any atom is -0.366 e. The van der Waals surface area contributed by atoms with E-state index >= 15 is 0 Å². The third kappa shape index (κ3) is 3.57. The van der Waals surface area contributed by atoms with Crippen LogP contribution in [0.15, 0.2) is 29.2 Å². The number of nitrogens with one attached hydrogen (secondary N) is 1. The molecule has 2 heterocycles. The molecule has 1 fully saturated rings. The van der Waals surface area contributed by atoms with E-state index in [0.29, 0.717) is 6.04 Å². The van der Waals surface area contributed by atoms with Gasteiger partial charge in [0.15, 0.2) is 0 Å². The van der Waals surface area contributed by atoms with Crippen LogP contribution in [-0.4, -0.2) is 26.0 Å². The van der Waals surface area contributed by atoms with Crippen LogP contribution in [0.1, 0.15) is 56.3 Å². The topological polar surface area (TPSA) is 72.7 Å². The lowest BCUT2D eigenvalue weighted by atomic mass is 9.88. The Kier molecular flexibility index (Phi) is 4.51. The monoisotopic (exact) mass is 339 g/mol. The summed E-state index contributed by atoms with van der Waals surface area (Å²) in [5, 5.41) is 16.6. The van der Waals surface area contributed by atoms with E-state index in [4.69, 9.17) is 0 Å². The molecule has 0 saturated heterocycles. The largest absolute Gasteiger partial charge is 0.366 e. The first kappa shape index (κ1) is 16.2. The molecule has 0 radical (unpaired) electrons. The molecule has 0 spiro atoms. The number of rotatable bonds is 3. The van der Waals surface area contributed by atoms with Gasteiger partial charge in [-0.25, -0.2) is 4.68 Å². The molecule has 2 aliphatic carbocycles. The van der Waals surface area contributed by atoms with Crippen molar-refractivity contribution in [2.45, 2.75) is 64.0 Å². The van der Waals surface area contributed by atoms with Gasteiger partial charge in [0.1, 0.15) is 5.82 Å². The average Bonchev–Trinajstić information content (AvgIpc) is 2.63. The second kappa shape index (κ2) is 6.94. The number of fused-ring (bicyclic) bond motifs is 1. The molecule has 1 N–H and O–H groups in total. The minimum atomic E-state index is -0.00594. The van der Waals surface area contributed by atoms with E-state index in [0.717, 1.165) is 50.3 Å². The zero-order chi connectivity index (χ0) is 17.2. The van der Waals surface area contributed by atoms with Crippen LogP contribution in [-0.2, 0) is 12.8 Å². The maximum atomic E-state index is 11.9. The molecule has 2 aromatic heterocycles. The molecule has 25 heavy (non-hydrogen) atoms. The van der Waals surface area contributed by atoms with Crippen LogP contribution in [0.4, 0.5) is 5.82 Å². The molecule has 0 aromatic carbocycles. The number of hydrogen-bond donors (Lipinski definition) is 1. The summed E-state index contributed by atoms with van der Waals surface area (Å²) in [5.74, 6) is 1.63. The van der Waals surface area contributed by atoms with Crippen LogP contribution in [0.3, 0.4) is 0 Å². The Hall–Kier alpha value is -2.24. The molecule has 4 rings (SSSR count). The molecule has 0 bridgehead atoms. The predicted octanol–water partition coefficient (Wildman–Crippen LogP) is 2.75. The van der Waals surface area contributed by atoms with Gasteiger partial charge in [-0.15, -0.1) is 5.10 Å². The lowest BCUT2D eigenvalue weighted by Crippen LogP contribution is -2.33. The van der Waals surface area contributed by atoms with E-state index in [1.165, 1.54) is 17.7 Å². The fraction of sp³-hybridized carbons (Fsp3) is 0.579. The number of aryl methyl sites for hydroxylation is 1. The minimum absolute atomic E-state index is 0.00594. The first-order chi connectivity index (χ1) is 12.2. The Morgan fingerprint density at radius 3 is 2.80 bits per heavy atom. The van der Waals surface area contributed by atoms with Gasteiger partial charge in [-0.2, -0.15) is 10.2 Å². The zero-order valence-electron chi connectivity index (χ0n) is 14.7. The highest BCUT2D eigenvalue weighted by atomic mass is 16.1. The Morgan fingerprint density at radius 2 is 2.00 bits per heavy atom. The SMILES string of the molecule is CC1CCc2nnc(NC3CCC(n4ncccc4=O)CC3)cc2C1. The highest BCUT2D eigenvalue weighted by Gasteiger charge is 2.24. The van der Waals surface area contributed by atoms with Crippen molar-refractivity contribution in [3.8, 4) is 0 Å². The molecule has 1 unspecified atom stereocenters. The van der Waals surface area contributed by atoms with Crippen LogP contribution >= 0.6 is 0 Å². The second-order valence-corrected chi connectivity index (χ2v) is 7.51. The highest BCUT2D eigenvalue weighted by molar-refractivity contribution is 5.40. The van der Waals surface area contributed by atoms with E-state index < -0.39 is 0 Å². The third-order valence-corrected chi connectivity index (χ3v) is 5.54. The summed E-state index contributed by atoms with van der Waals surface area (Å²) in [6.45, 7) is 2.30. The van der Waals surface area contributed by atoms with E-state index in [-0.39, 0.29) is 11.6 Å². The molecule has 0 aliphatic heterocycles. The van der Waals surface area contributed by atoms with E-state index in [1.807, 2.05) is 0 Å². The van der Waals surface area contributed by atoms with Crippen molar-refractivity contribution < 1.29 is 0 Å². The molecule has 132 valence electrons. The molecule has 6 heteroatoms. The highest BCUT2D eigenvalue weighted by Crippen LogP contribution is 2.29. The van der Waals surface area contributed by atoms with Crippen molar-refractivity contribution in [2.24, 2.45) is 5.92 Å². The Bertz CT molecular complexity index is 794. The van der Waals surface area contributed by atoms with Gasteiger partial charge < -0.3 is 5.32 Å². The first-order valence-electron chi connectivity index (χ1n) is 9.35. The van der Waals surface area contributed by atoms with Crippen LogP contribution in [0.25, 0.3) is 0 Å². The maximum absolute atomic E-state index is 11.9. The van der Waals surface area contributed by atoms with E-state index in [1.54, 1.807) is 23.0 Å². The van der Waals surface area contributed by atoms with Gasteiger partial charge in [0.25, 0.3) is 5.56 Å². The molecule has 2 aliphatic rings. The molecular weight excluding hydrogens is 314 g/mol. The third-order valence-electron chi connectivity index (χ3n) is 5.54. The van der Waals surface area contributed by atoms with Crippen molar-refractivity contribution in [1.82, 2.24) is 20.0 Å². The summed E-state index contributed by atoms with van der Waals surface area (Å²) in [7, 11) is 0. The van der Waals surface area contributed by atoms with Gasteiger partial charge in [0.05, 0.1) is 11.7 Å². The lowest BCUT2D eigenvalue weighted by Gasteiger charge is -2.30. The summed E-state index contributed by atoms with van der Waals surface area (Å²) in [6.07, 6.45) is 9.02. The average molecular weight is 339 g/mol. The predicted molar refractivity (Wildman–Crippen MR) is 96.6 cm³/mol. The molecule has 6 nitrogen and oxygen atoms in total. The number of anilines is 1. The van der Waals surface area contributed by atoms with Crippen molar-refractivity contribution in [3.05, 3.63) is 46.0 Å². The Labute approximate surface area is 147 Å². The normalized spacial score (nSPS) is 26.0.